The van der Waals surface area contributed by atoms with Gasteiger partial charge in [-0.3, -0.25) is 4.79 Å². The number of anilines is 3. The molecule has 2 heterocycles. The Morgan fingerprint density at radius 3 is 1.96 bits per heavy atom. The molecule has 1 aliphatic rings. The van der Waals surface area contributed by atoms with Crippen molar-refractivity contribution in [2.24, 2.45) is 0 Å². The van der Waals surface area contributed by atoms with Gasteiger partial charge in [-0.05, 0) is 103 Å². The molecule has 1 saturated heterocycles. The van der Waals surface area contributed by atoms with E-state index in [-0.39, 0.29) is 12.5 Å². The van der Waals surface area contributed by atoms with Crippen molar-refractivity contribution < 1.29 is 19.1 Å². The number of halogens is 2. The van der Waals surface area contributed by atoms with Crippen LogP contribution in [0.5, 0.6) is 0 Å². The number of urea groups is 2. The van der Waals surface area contributed by atoms with E-state index in [4.69, 9.17) is 27.9 Å². The highest BCUT2D eigenvalue weighted by Gasteiger charge is 2.29. The zero-order valence-corrected chi connectivity index (χ0v) is 27.8. The first-order valence-electron chi connectivity index (χ1n) is 15.6. The van der Waals surface area contributed by atoms with Crippen LogP contribution in [0, 0.1) is 0 Å². The Morgan fingerprint density at radius 2 is 1.35 bits per heavy atom. The van der Waals surface area contributed by atoms with Crippen molar-refractivity contribution in [2.45, 2.75) is 6.42 Å². The number of amides is 5. The van der Waals surface area contributed by atoms with Gasteiger partial charge in [-0.15, -0.1) is 0 Å². The molecule has 13 heteroatoms. The molecule has 0 radical (unpaired) electrons. The standard InChI is InChI=1S/C36H33Cl2N7O4/c37-28-6-2-26(3-7-28)18-21-44(35(47)40-30-10-4-27(5-11-30)34(46)42-22-24-49-25-23-42)45(33-14-8-29(38)9-15-33)36(48)41-31-12-16-32(17-13-31)43-20-1-19-39-43/h1-17,19-20H,18,21-25H2,(H,40,47)(H,41,48). The average Bonchev–Trinajstić information content (AvgIpc) is 3.67. The highest BCUT2D eigenvalue weighted by molar-refractivity contribution is 6.30. The monoisotopic (exact) mass is 697 g/mol. The summed E-state index contributed by atoms with van der Waals surface area (Å²) in [6.07, 6.45) is 3.92. The molecular formula is C36H33Cl2N7O4. The van der Waals surface area contributed by atoms with E-state index >= 15 is 0 Å². The van der Waals surface area contributed by atoms with E-state index in [2.05, 4.69) is 15.7 Å². The molecule has 0 saturated carbocycles. The van der Waals surface area contributed by atoms with Crippen molar-refractivity contribution in [3.05, 3.63) is 137 Å². The van der Waals surface area contributed by atoms with Gasteiger partial charge in [0.2, 0.25) is 0 Å². The van der Waals surface area contributed by atoms with Crippen molar-refractivity contribution in [1.29, 1.82) is 0 Å². The Hall–Kier alpha value is -5.36. The van der Waals surface area contributed by atoms with Gasteiger partial charge in [-0.25, -0.2) is 19.3 Å². The van der Waals surface area contributed by atoms with Crippen LogP contribution in [0.4, 0.5) is 26.7 Å². The summed E-state index contributed by atoms with van der Waals surface area (Å²) in [4.78, 5) is 42.9. The number of benzene rings is 4. The molecule has 1 fully saturated rings. The van der Waals surface area contributed by atoms with Gasteiger partial charge in [0.05, 0.1) is 24.6 Å². The van der Waals surface area contributed by atoms with Crippen molar-refractivity contribution in [3.8, 4) is 5.69 Å². The smallest absolute Gasteiger partial charge is 0.345 e. The molecule has 0 atom stereocenters. The third-order valence-electron chi connectivity index (χ3n) is 7.83. The first kappa shape index (κ1) is 33.5. The fourth-order valence-electron chi connectivity index (χ4n) is 5.26. The summed E-state index contributed by atoms with van der Waals surface area (Å²) < 4.78 is 7.06. The second-order valence-corrected chi connectivity index (χ2v) is 12.0. The predicted octanol–water partition coefficient (Wildman–Crippen LogP) is 7.38. The molecule has 0 aliphatic carbocycles. The van der Waals surface area contributed by atoms with Crippen molar-refractivity contribution >= 4 is 58.2 Å². The van der Waals surface area contributed by atoms with Gasteiger partial charge in [-0.1, -0.05) is 35.3 Å². The normalized spacial score (nSPS) is 12.7. The topological polar surface area (TPSA) is 112 Å². The molecule has 6 rings (SSSR count). The molecule has 5 amide bonds. The molecule has 0 unspecified atom stereocenters. The van der Waals surface area contributed by atoms with E-state index in [9.17, 15) is 14.4 Å². The Labute approximate surface area is 293 Å². The van der Waals surface area contributed by atoms with Crippen LogP contribution < -0.4 is 15.6 Å². The Kier molecular flexibility index (Phi) is 10.7. The minimum absolute atomic E-state index is 0.103. The molecule has 0 bridgehead atoms. The van der Waals surface area contributed by atoms with E-state index in [1.165, 1.54) is 10.0 Å². The molecule has 11 nitrogen and oxygen atoms in total. The highest BCUT2D eigenvalue weighted by Crippen LogP contribution is 2.24. The van der Waals surface area contributed by atoms with Crippen LogP contribution in [0.2, 0.25) is 10.0 Å². The molecule has 49 heavy (non-hydrogen) atoms. The maximum Gasteiger partial charge on any atom is 0.345 e. The first-order chi connectivity index (χ1) is 23.8. The largest absolute Gasteiger partial charge is 0.378 e. The molecule has 1 aliphatic heterocycles. The summed E-state index contributed by atoms with van der Waals surface area (Å²) in [6, 6.07) is 28.4. The fraction of sp³-hybridized carbons (Fsp3) is 0.167. The third-order valence-corrected chi connectivity index (χ3v) is 8.34. The number of carbonyl (C=O) groups excluding carboxylic acids is 3. The third kappa shape index (κ3) is 8.57. The number of nitrogens with zero attached hydrogens (tertiary/aromatic N) is 5. The highest BCUT2D eigenvalue weighted by atomic mass is 35.5. The number of hydrogen-bond donors (Lipinski definition) is 2. The van der Waals surface area contributed by atoms with Crippen LogP contribution in [0.1, 0.15) is 15.9 Å². The fourth-order valence-corrected chi connectivity index (χ4v) is 5.51. The van der Waals surface area contributed by atoms with E-state index < -0.39 is 12.1 Å². The summed E-state index contributed by atoms with van der Waals surface area (Å²) in [6.45, 7) is 2.17. The van der Waals surface area contributed by atoms with E-state index in [1.54, 1.807) is 88.6 Å². The lowest BCUT2D eigenvalue weighted by molar-refractivity contribution is 0.0303. The molecule has 0 spiro atoms. The van der Waals surface area contributed by atoms with Gasteiger partial charge in [-0.2, -0.15) is 10.1 Å². The Morgan fingerprint density at radius 1 is 0.755 bits per heavy atom. The van der Waals surface area contributed by atoms with Crippen LogP contribution in [0.15, 0.2) is 116 Å². The van der Waals surface area contributed by atoms with Crippen LogP contribution in [-0.4, -0.2) is 70.5 Å². The number of hydrogen-bond acceptors (Lipinski definition) is 5. The lowest BCUT2D eigenvalue weighted by Crippen LogP contribution is -2.54. The molecule has 250 valence electrons. The second kappa shape index (κ2) is 15.7. The zero-order valence-electron chi connectivity index (χ0n) is 26.3. The first-order valence-corrected chi connectivity index (χ1v) is 16.4. The lowest BCUT2D eigenvalue weighted by atomic mass is 10.1. The second-order valence-electron chi connectivity index (χ2n) is 11.1. The van der Waals surface area contributed by atoms with Gasteiger partial charge < -0.3 is 20.3 Å². The quantitative estimate of drug-likeness (QED) is 0.164. The summed E-state index contributed by atoms with van der Waals surface area (Å²) in [5.41, 5.74) is 3.61. The van der Waals surface area contributed by atoms with Crippen LogP contribution in [0.3, 0.4) is 0 Å². The van der Waals surface area contributed by atoms with E-state index in [0.29, 0.717) is 65.4 Å². The van der Waals surface area contributed by atoms with Gasteiger partial charge in [0.1, 0.15) is 0 Å². The minimum Gasteiger partial charge on any atom is -0.378 e. The average molecular weight is 699 g/mol. The maximum absolute atomic E-state index is 14.1. The number of nitrogens with one attached hydrogen (secondary N) is 2. The lowest BCUT2D eigenvalue weighted by Gasteiger charge is -2.35. The predicted molar refractivity (Wildman–Crippen MR) is 191 cm³/mol. The van der Waals surface area contributed by atoms with Crippen molar-refractivity contribution in [1.82, 2.24) is 19.7 Å². The molecule has 4 aromatic carbocycles. The SMILES string of the molecule is O=C(c1ccc(NC(=O)N(CCc2ccc(Cl)cc2)N(C(=O)Nc2ccc(-n3cccn3)cc2)c2ccc(Cl)cc2)cc1)N1CCOCC1. The summed E-state index contributed by atoms with van der Waals surface area (Å²) >= 11 is 12.3. The number of rotatable bonds is 8. The van der Waals surface area contributed by atoms with Crippen LogP contribution >= 0.6 is 23.2 Å². The summed E-state index contributed by atoms with van der Waals surface area (Å²) in [5.74, 6) is -0.103. The van der Waals surface area contributed by atoms with Crippen LogP contribution in [-0.2, 0) is 11.2 Å². The molecular weight excluding hydrogens is 665 g/mol. The summed E-state index contributed by atoms with van der Waals surface area (Å²) in [7, 11) is 0. The maximum atomic E-state index is 14.1. The number of aromatic nitrogens is 2. The van der Waals surface area contributed by atoms with Gasteiger partial charge in [0, 0.05) is 59.0 Å². The number of hydrazine groups is 1. The molecule has 2 N–H and O–H groups in total. The zero-order chi connectivity index (χ0) is 34.2. The number of ether oxygens (including phenoxy) is 1. The Bertz CT molecular complexity index is 1860. The van der Waals surface area contributed by atoms with E-state index in [0.717, 1.165) is 11.3 Å². The molecule has 1 aromatic heterocycles. The van der Waals surface area contributed by atoms with Crippen molar-refractivity contribution in [2.75, 3.05) is 48.5 Å². The number of carbonyl (C=O) groups is 3. The number of morpholine rings is 1. The van der Waals surface area contributed by atoms with Gasteiger partial charge in [0.25, 0.3) is 5.91 Å². The minimum atomic E-state index is -0.577. The molecule has 5 aromatic rings. The van der Waals surface area contributed by atoms with E-state index in [1.807, 2.05) is 36.5 Å². The Balaban J connectivity index is 1.27. The van der Waals surface area contributed by atoms with Crippen molar-refractivity contribution in [3.63, 3.8) is 0 Å². The van der Waals surface area contributed by atoms with Gasteiger partial charge >= 0.3 is 12.1 Å². The summed E-state index contributed by atoms with van der Waals surface area (Å²) in [5, 5.41) is 13.7. The van der Waals surface area contributed by atoms with Crippen LogP contribution in [0.25, 0.3) is 5.69 Å². The van der Waals surface area contributed by atoms with Gasteiger partial charge in [0.15, 0.2) is 0 Å².